The third-order valence-corrected chi connectivity index (χ3v) is 4.47. The summed E-state index contributed by atoms with van der Waals surface area (Å²) in [7, 11) is 0. The summed E-state index contributed by atoms with van der Waals surface area (Å²) in [6, 6.07) is 2.86. The third-order valence-electron chi connectivity index (χ3n) is 4.47. The van der Waals surface area contributed by atoms with Crippen molar-refractivity contribution >= 4 is 5.91 Å². The Balaban J connectivity index is 1.59. The van der Waals surface area contributed by atoms with E-state index >= 15 is 0 Å². The van der Waals surface area contributed by atoms with E-state index < -0.39 is 5.82 Å². The van der Waals surface area contributed by atoms with Gasteiger partial charge in [-0.2, -0.15) is 0 Å². The molecule has 120 valence electrons. The molecular weight excluding hydrogens is 287 g/mol. The zero-order chi connectivity index (χ0) is 15.7. The molecule has 0 radical (unpaired) electrons. The maximum atomic E-state index is 13.5. The van der Waals surface area contributed by atoms with Gasteiger partial charge in [-0.1, -0.05) is 13.8 Å². The first-order chi connectivity index (χ1) is 10.5. The van der Waals surface area contributed by atoms with Crippen LogP contribution in [0.25, 0.3) is 0 Å². The molecule has 3 heterocycles. The number of rotatable bonds is 4. The third kappa shape index (κ3) is 2.67. The van der Waals surface area contributed by atoms with Gasteiger partial charge in [0.15, 0.2) is 5.82 Å². The maximum Gasteiger partial charge on any atom is 0.250 e. The van der Waals surface area contributed by atoms with Gasteiger partial charge in [-0.15, -0.1) is 0 Å². The van der Waals surface area contributed by atoms with Crippen LogP contribution in [-0.2, 0) is 9.53 Å². The second-order valence-corrected chi connectivity index (χ2v) is 6.35. The summed E-state index contributed by atoms with van der Waals surface area (Å²) in [6.07, 6.45) is 2.36. The van der Waals surface area contributed by atoms with Gasteiger partial charge in [0.05, 0.1) is 19.7 Å². The van der Waals surface area contributed by atoms with Crippen molar-refractivity contribution in [2.45, 2.75) is 25.9 Å². The summed E-state index contributed by atoms with van der Waals surface area (Å²) in [5.41, 5.74) is -0.324. The Labute approximate surface area is 129 Å². The van der Waals surface area contributed by atoms with E-state index in [0.717, 1.165) is 6.42 Å². The Hall–Kier alpha value is -1.69. The lowest BCUT2D eigenvalue weighted by Crippen LogP contribution is -2.67. The quantitative estimate of drug-likeness (QED) is 0.852. The van der Waals surface area contributed by atoms with Crippen molar-refractivity contribution < 1.29 is 18.7 Å². The molecule has 1 spiro atoms. The van der Waals surface area contributed by atoms with Crippen molar-refractivity contribution in [3.63, 3.8) is 0 Å². The van der Waals surface area contributed by atoms with Gasteiger partial charge in [-0.05, 0) is 18.6 Å². The first-order valence-electron chi connectivity index (χ1n) is 7.68. The summed E-state index contributed by atoms with van der Waals surface area (Å²) in [6.45, 7) is 6.01. The van der Waals surface area contributed by atoms with Crippen LogP contribution in [-0.4, -0.2) is 47.7 Å². The molecule has 0 saturated carbocycles. The molecular formula is C16H21FN2O3. The van der Waals surface area contributed by atoms with Crippen LogP contribution in [0.5, 0.6) is 5.88 Å². The van der Waals surface area contributed by atoms with Crippen LogP contribution >= 0.6 is 0 Å². The van der Waals surface area contributed by atoms with E-state index in [0.29, 0.717) is 26.3 Å². The summed E-state index contributed by atoms with van der Waals surface area (Å²) >= 11 is 0. The fourth-order valence-corrected chi connectivity index (χ4v) is 3.15. The predicted octanol–water partition coefficient (Wildman–Crippen LogP) is 1.87. The number of ether oxygens (including phenoxy) is 2. The zero-order valence-electron chi connectivity index (χ0n) is 12.9. The lowest BCUT2D eigenvalue weighted by Gasteiger charge is -2.50. The first kappa shape index (κ1) is 15.2. The van der Waals surface area contributed by atoms with Gasteiger partial charge in [0.1, 0.15) is 5.60 Å². The first-order valence-corrected chi connectivity index (χ1v) is 7.68. The standard InChI is InChI=1S/C16H21FN2O3/c1-11(2)15(20)19-9-16(10-19)12(5-7-22-16)8-21-14-13(17)4-3-6-18-14/h3-4,6,11-12H,5,7-10H2,1-2H3. The molecule has 6 heteroatoms. The Morgan fingerprint density at radius 2 is 2.36 bits per heavy atom. The smallest absolute Gasteiger partial charge is 0.250 e. The molecule has 0 aliphatic carbocycles. The molecule has 0 N–H and O–H groups in total. The van der Waals surface area contributed by atoms with Crippen LogP contribution in [0.3, 0.4) is 0 Å². The summed E-state index contributed by atoms with van der Waals surface area (Å²) in [4.78, 5) is 17.7. The number of halogens is 1. The number of aromatic nitrogens is 1. The van der Waals surface area contributed by atoms with Crippen molar-refractivity contribution in [2.24, 2.45) is 11.8 Å². The van der Waals surface area contributed by atoms with Gasteiger partial charge >= 0.3 is 0 Å². The minimum absolute atomic E-state index is 0.00364. The van der Waals surface area contributed by atoms with Crippen molar-refractivity contribution in [1.82, 2.24) is 9.88 Å². The summed E-state index contributed by atoms with van der Waals surface area (Å²) < 4.78 is 24.9. The number of carbonyl (C=O) groups excluding carboxylic acids is 1. The van der Waals surface area contributed by atoms with E-state index in [1.165, 1.54) is 18.3 Å². The molecule has 1 amide bonds. The second kappa shape index (κ2) is 5.83. The van der Waals surface area contributed by atoms with Crippen LogP contribution in [0.4, 0.5) is 4.39 Å². The highest BCUT2D eigenvalue weighted by Crippen LogP contribution is 2.40. The summed E-state index contributed by atoms with van der Waals surface area (Å²) in [5, 5.41) is 0. The molecule has 2 saturated heterocycles. The number of carbonyl (C=O) groups is 1. The fourth-order valence-electron chi connectivity index (χ4n) is 3.15. The Morgan fingerprint density at radius 3 is 3.05 bits per heavy atom. The van der Waals surface area contributed by atoms with Gasteiger partial charge < -0.3 is 14.4 Å². The van der Waals surface area contributed by atoms with E-state index in [1.807, 2.05) is 18.7 Å². The lowest BCUT2D eigenvalue weighted by molar-refractivity contribution is -0.169. The van der Waals surface area contributed by atoms with Gasteiger partial charge in [-0.25, -0.2) is 9.37 Å². The van der Waals surface area contributed by atoms with Crippen molar-refractivity contribution in [3.05, 3.63) is 24.1 Å². The average Bonchev–Trinajstić information content (AvgIpc) is 2.88. The number of nitrogens with zero attached hydrogens (tertiary/aromatic N) is 2. The zero-order valence-corrected chi connectivity index (χ0v) is 12.9. The maximum absolute atomic E-state index is 13.5. The fraction of sp³-hybridized carbons (Fsp3) is 0.625. The topological polar surface area (TPSA) is 51.7 Å². The predicted molar refractivity (Wildman–Crippen MR) is 77.9 cm³/mol. The molecule has 2 fully saturated rings. The Bertz CT molecular complexity index is 558. The molecule has 5 nitrogen and oxygen atoms in total. The molecule has 2 aliphatic heterocycles. The van der Waals surface area contributed by atoms with Crippen molar-refractivity contribution in [3.8, 4) is 5.88 Å². The number of pyridine rings is 1. The monoisotopic (exact) mass is 308 g/mol. The van der Waals surface area contributed by atoms with E-state index in [1.54, 1.807) is 0 Å². The molecule has 0 aromatic carbocycles. The van der Waals surface area contributed by atoms with Crippen molar-refractivity contribution in [1.29, 1.82) is 0 Å². The van der Waals surface area contributed by atoms with Crippen LogP contribution in [0.15, 0.2) is 18.3 Å². The van der Waals surface area contributed by atoms with Gasteiger partial charge in [0.2, 0.25) is 11.8 Å². The highest BCUT2D eigenvalue weighted by molar-refractivity contribution is 5.79. The molecule has 1 atom stereocenters. The van der Waals surface area contributed by atoms with E-state index in [4.69, 9.17) is 9.47 Å². The molecule has 1 aromatic rings. The highest BCUT2D eigenvalue weighted by atomic mass is 19.1. The Kier molecular flexibility index (Phi) is 4.04. The minimum atomic E-state index is -0.458. The van der Waals surface area contributed by atoms with Gasteiger partial charge in [0, 0.05) is 24.6 Å². The molecule has 1 unspecified atom stereocenters. The number of hydrogen-bond donors (Lipinski definition) is 0. The van der Waals surface area contributed by atoms with Gasteiger partial charge in [-0.3, -0.25) is 4.79 Å². The number of likely N-dealkylation sites (tertiary alicyclic amines) is 1. The number of hydrogen-bond acceptors (Lipinski definition) is 4. The highest BCUT2D eigenvalue weighted by Gasteiger charge is 2.54. The minimum Gasteiger partial charge on any atom is -0.475 e. The average molecular weight is 308 g/mol. The van der Waals surface area contributed by atoms with Crippen LogP contribution < -0.4 is 4.74 Å². The van der Waals surface area contributed by atoms with E-state index in [9.17, 15) is 9.18 Å². The van der Waals surface area contributed by atoms with Crippen LogP contribution in [0, 0.1) is 17.7 Å². The molecule has 22 heavy (non-hydrogen) atoms. The van der Waals surface area contributed by atoms with E-state index in [2.05, 4.69) is 4.98 Å². The largest absolute Gasteiger partial charge is 0.475 e. The SMILES string of the molecule is CC(C)C(=O)N1CC2(C1)OCCC2COc1ncccc1F. The lowest BCUT2D eigenvalue weighted by atomic mass is 9.80. The number of amides is 1. The molecule has 0 bridgehead atoms. The van der Waals surface area contributed by atoms with E-state index in [-0.39, 0.29) is 29.2 Å². The van der Waals surface area contributed by atoms with Crippen molar-refractivity contribution in [2.75, 3.05) is 26.3 Å². The van der Waals surface area contributed by atoms with Crippen LogP contribution in [0.1, 0.15) is 20.3 Å². The second-order valence-electron chi connectivity index (χ2n) is 6.35. The summed E-state index contributed by atoms with van der Waals surface area (Å²) in [5.74, 6) is -0.127. The molecule has 3 rings (SSSR count). The normalized spacial score (nSPS) is 22.9. The molecule has 1 aromatic heterocycles. The van der Waals surface area contributed by atoms with Gasteiger partial charge in [0.25, 0.3) is 0 Å². The van der Waals surface area contributed by atoms with Crippen LogP contribution in [0.2, 0.25) is 0 Å². The Morgan fingerprint density at radius 1 is 1.59 bits per heavy atom. The molecule has 2 aliphatic rings.